The van der Waals surface area contributed by atoms with E-state index in [0.717, 1.165) is 3.70 Å². The second-order valence-corrected chi connectivity index (χ2v) is 3.00. The van der Waals surface area contributed by atoms with Crippen molar-refractivity contribution in [3.8, 4) is 0 Å². The Bertz CT molecular complexity index is 214. The van der Waals surface area contributed by atoms with Crippen molar-refractivity contribution in [1.29, 1.82) is 0 Å². The van der Waals surface area contributed by atoms with Gasteiger partial charge in [0.2, 0.25) is 0 Å². The third-order valence-electron chi connectivity index (χ3n) is 1.05. The Balaban J connectivity index is 2.52. The topological polar surface area (TPSA) is 58.0 Å². The molecular weight excluding hydrogens is 257 g/mol. The Hall–Kier alpha value is -0.430. The van der Waals surface area contributed by atoms with Crippen molar-refractivity contribution < 1.29 is 5.11 Å². The van der Waals surface area contributed by atoms with E-state index in [1.807, 2.05) is 12.1 Å². The molecule has 0 bridgehead atoms. The highest BCUT2D eigenvalue weighted by Gasteiger charge is 1.92. The van der Waals surface area contributed by atoms with Gasteiger partial charge in [0.1, 0.15) is 9.52 Å². The summed E-state index contributed by atoms with van der Waals surface area (Å²) in [6.07, 6.45) is 0. The third-order valence-corrected chi connectivity index (χ3v) is 1.63. The van der Waals surface area contributed by atoms with Gasteiger partial charge in [-0.15, -0.1) is 10.2 Å². The van der Waals surface area contributed by atoms with Gasteiger partial charge in [0.15, 0.2) is 0 Å². The second kappa shape index (κ2) is 4.45. The lowest BCUT2D eigenvalue weighted by Crippen LogP contribution is -2.07. The van der Waals surface area contributed by atoms with Crippen LogP contribution in [0, 0.1) is 3.70 Å². The fourth-order valence-corrected chi connectivity index (χ4v) is 0.882. The van der Waals surface area contributed by atoms with E-state index >= 15 is 0 Å². The van der Waals surface area contributed by atoms with E-state index in [2.05, 4.69) is 38.1 Å². The Labute approximate surface area is 78.2 Å². The first-order chi connectivity index (χ1) is 5.33. The predicted octanol–water partition coefficient (Wildman–Crippen LogP) is 0.485. The molecule has 0 aliphatic heterocycles. The minimum Gasteiger partial charge on any atom is -0.395 e. The van der Waals surface area contributed by atoms with Crippen LogP contribution in [-0.4, -0.2) is 28.5 Å². The van der Waals surface area contributed by atoms with Crippen LogP contribution in [0.2, 0.25) is 0 Å². The number of halogens is 1. The molecule has 1 aromatic rings. The van der Waals surface area contributed by atoms with Gasteiger partial charge in [-0.05, 0) is 34.7 Å². The molecule has 2 N–H and O–H groups in total. The van der Waals surface area contributed by atoms with Crippen molar-refractivity contribution in [3.05, 3.63) is 15.8 Å². The summed E-state index contributed by atoms with van der Waals surface area (Å²) >= 11 is 2.08. The van der Waals surface area contributed by atoms with Gasteiger partial charge < -0.3 is 10.4 Å². The van der Waals surface area contributed by atoms with Crippen LogP contribution in [-0.2, 0) is 0 Å². The van der Waals surface area contributed by atoms with E-state index in [1.165, 1.54) is 0 Å². The molecule has 0 aromatic carbocycles. The van der Waals surface area contributed by atoms with Crippen LogP contribution in [0.15, 0.2) is 12.1 Å². The van der Waals surface area contributed by atoms with Crippen molar-refractivity contribution in [2.24, 2.45) is 0 Å². The first kappa shape index (κ1) is 8.66. The average Bonchev–Trinajstić information content (AvgIpc) is 2.04. The van der Waals surface area contributed by atoms with E-state index < -0.39 is 0 Å². The molecule has 60 valence electrons. The van der Waals surface area contributed by atoms with Gasteiger partial charge in [-0.3, -0.25) is 0 Å². The molecule has 0 aliphatic rings. The lowest BCUT2D eigenvalue weighted by Gasteiger charge is -2.00. The summed E-state index contributed by atoms with van der Waals surface area (Å²) in [4.78, 5) is 0. The number of anilines is 1. The molecule has 0 amide bonds. The van der Waals surface area contributed by atoms with E-state index in [0.29, 0.717) is 12.4 Å². The molecule has 1 heterocycles. The average molecular weight is 265 g/mol. The number of hydrogen-bond donors (Lipinski definition) is 2. The lowest BCUT2D eigenvalue weighted by atomic mass is 10.5. The first-order valence-corrected chi connectivity index (χ1v) is 4.25. The molecule has 0 saturated heterocycles. The van der Waals surface area contributed by atoms with Gasteiger partial charge in [0, 0.05) is 6.54 Å². The minimum atomic E-state index is 0.105. The van der Waals surface area contributed by atoms with Gasteiger partial charge in [-0.2, -0.15) is 0 Å². The number of aliphatic hydroxyl groups excluding tert-OH is 1. The summed E-state index contributed by atoms with van der Waals surface area (Å²) in [6.45, 7) is 0.614. The summed E-state index contributed by atoms with van der Waals surface area (Å²) in [5.74, 6) is 0.694. The number of aromatic nitrogens is 2. The van der Waals surface area contributed by atoms with Crippen LogP contribution in [0.3, 0.4) is 0 Å². The maximum Gasteiger partial charge on any atom is 0.148 e. The van der Waals surface area contributed by atoms with Crippen LogP contribution >= 0.6 is 22.6 Å². The lowest BCUT2D eigenvalue weighted by molar-refractivity contribution is 0.311. The van der Waals surface area contributed by atoms with Gasteiger partial charge in [0.05, 0.1) is 6.61 Å². The van der Waals surface area contributed by atoms with Gasteiger partial charge in [-0.25, -0.2) is 0 Å². The number of hydrogen-bond acceptors (Lipinski definition) is 4. The second-order valence-electron chi connectivity index (χ2n) is 1.89. The number of aliphatic hydroxyl groups is 1. The number of nitrogens with one attached hydrogen (secondary N) is 1. The zero-order valence-electron chi connectivity index (χ0n) is 5.79. The maximum atomic E-state index is 8.47. The Morgan fingerprint density at radius 2 is 2.27 bits per heavy atom. The molecule has 0 unspecified atom stereocenters. The largest absolute Gasteiger partial charge is 0.395 e. The molecule has 0 atom stereocenters. The molecule has 0 spiro atoms. The van der Waals surface area contributed by atoms with Crippen molar-refractivity contribution in [2.45, 2.75) is 0 Å². The molecule has 0 fully saturated rings. The molecule has 4 nitrogen and oxygen atoms in total. The van der Waals surface area contributed by atoms with Gasteiger partial charge >= 0.3 is 0 Å². The monoisotopic (exact) mass is 265 g/mol. The van der Waals surface area contributed by atoms with Gasteiger partial charge in [0.25, 0.3) is 0 Å². The highest BCUT2D eigenvalue weighted by Crippen LogP contribution is 2.02. The van der Waals surface area contributed by atoms with E-state index in [9.17, 15) is 0 Å². The summed E-state index contributed by atoms with van der Waals surface area (Å²) in [7, 11) is 0. The summed E-state index contributed by atoms with van der Waals surface area (Å²) in [5.41, 5.74) is 0. The standard InChI is InChI=1S/C6H8IN3O/c7-5-1-2-6(10-9-5)8-3-4-11/h1-2,11H,3-4H2,(H,8,10). The molecule has 1 rings (SSSR count). The Morgan fingerprint density at radius 1 is 1.45 bits per heavy atom. The van der Waals surface area contributed by atoms with Crippen molar-refractivity contribution in [1.82, 2.24) is 10.2 Å². The fraction of sp³-hybridized carbons (Fsp3) is 0.333. The van der Waals surface area contributed by atoms with Crippen LogP contribution in [0.1, 0.15) is 0 Å². The zero-order chi connectivity index (χ0) is 8.10. The van der Waals surface area contributed by atoms with Crippen LogP contribution < -0.4 is 5.32 Å². The third kappa shape index (κ3) is 2.98. The van der Waals surface area contributed by atoms with Crippen LogP contribution in [0.25, 0.3) is 0 Å². The molecule has 0 saturated carbocycles. The maximum absolute atomic E-state index is 8.47. The zero-order valence-corrected chi connectivity index (χ0v) is 7.95. The Kier molecular flexibility index (Phi) is 3.50. The van der Waals surface area contributed by atoms with Crippen molar-refractivity contribution >= 4 is 28.4 Å². The van der Waals surface area contributed by atoms with Crippen molar-refractivity contribution in [2.75, 3.05) is 18.5 Å². The van der Waals surface area contributed by atoms with E-state index in [1.54, 1.807) is 0 Å². The number of rotatable bonds is 3. The summed E-state index contributed by atoms with van der Waals surface area (Å²) in [6, 6.07) is 3.68. The smallest absolute Gasteiger partial charge is 0.148 e. The summed E-state index contributed by atoms with van der Waals surface area (Å²) < 4.78 is 0.858. The normalized spacial score (nSPS) is 9.64. The van der Waals surface area contributed by atoms with Crippen LogP contribution in [0.5, 0.6) is 0 Å². The molecule has 0 radical (unpaired) electrons. The molecular formula is C6H8IN3O. The molecule has 5 heteroatoms. The molecule has 0 aliphatic carbocycles. The highest BCUT2D eigenvalue weighted by molar-refractivity contribution is 14.1. The highest BCUT2D eigenvalue weighted by atomic mass is 127. The first-order valence-electron chi connectivity index (χ1n) is 3.17. The SMILES string of the molecule is OCCNc1ccc(I)nn1. The van der Waals surface area contributed by atoms with E-state index in [-0.39, 0.29) is 6.61 Å². The molecule has 11 heavy (non-hydrogen) atoms. The predicted molar refractivity (Wildman–Crippen MR) is 50.3 cm³/mol. The summed E-state index contributed by atoms with van der Waals surface area (Å²) in [5, 5.41) is 19.0. The Morgan fingerprint density at radius 3 is 2.82 bits per heavy atom. The molecule has 1 aromatic heterocycles. The van der Waals surface area contributed by atoms with Crippen molar-refractivity contribution in [3.63, 3.8) is 0 Å². The van der Waals surface area contributed by atoms with Crippen LogP contribution in [0.4, 0.5) is 5.82 Å². The number of nitrogens with zero attached hydrogens (tertiary/aromatic N) is 2. The van der Waals surface area contributed by atoms with E-state index in [4.69, 9.17) is 5.11 Å². The van der Waals surface area contributed by atoms with Gasteiger partial charge in [-0.1, -0.05) is 0 Å². The fourth-order valence-electron chi connectivity index (χ4n) is 0.594. The quantitative estimate of drug-likeness (QED) is 0.781. The minimum absolute atomic E-state index is 0.105.